The minimum atomic E-state index is -1.05. The van der Waals surface area contributed by atoms with Crippen molar-refractivity contribution >= 4 is 29.3 Å². The summed E-state index contributed by atoms with van der Waals surface area (Å²) in [5.74, 6) is 1.18. The highest BCUT2D eigenvalue weighted by atomic mass is 35.5. The molecule has 0 fully saturated rings. The highest BCUT2D eigenvalue weighted by Crippen LogP contribution is 2.35. The summed E-state index contributed by atoms with van der Waals surface area (Å²) in [7, 11) is 0. The standard InChI is InChI=1S/C17H16ClNO2S/c18-15-8-4-2-6-13(15)16(20)19-10-17(21)11-22-9-12-5-1-3-7-14(12)17/h1-8,21H,9-11H2,(H,19,20). The molecule has 0 saturated heterocycles. The van der Waals surface area contributed by atoms with Crippen LogP contribution in [0.4, 0.5) is 0 Å². The van der Waals surface area contributed by atoms with E-state index < -0.39 is 5.60 Å². The molecule has 0 aromatic heterocycles. The molecule has 3 rings (SSSR count). The van der Waals surface area contributed by atoms with Crippen molar-refractivity contribution < 1.29 is 9.90 Å². The van der Waals surface area contributed by atoms with E-state index in [0.717, 1.165) is 16.9 Å². The van der Waals surface area contributed by atoms with E-state index in [4.69, 9.17) is 11.6 Å². The molecule has 2 aromatic carbocycles. The molecule has 3 nitrogen and oxygen atoms in total. The summed E-state index contributed by atoms with van der Waals surface area (Å²) in [6, 6.07) is 14.7. The summed E-state index contributed by atoms with van der Waals surface area (Å²) in [5, 5.41) is 14.1. The van der Waals surface area contributed by atoms with Gasteiger partial charge < -0.3 is 10.4 Å². The first kappa shape index (κ1) is 15.4. The third kappa shape index (κ3) is 3.00. The number of hydrogen-bond acceptors (Lipinski definition) is 3. The van der Waals surface area contributed by atoms with Crippen molar-refractivity contribution in [2.45, 2.75) is 11.4 Å². The zero-order valence-electron chi connectivity index (χ0n) is 11.9. The van der Waals surface area contributed by atoms with Crippen LogP contribution in [0, 0.1) is 0 Å². The third-order valence-corrected chi connectivity index (χ3v) is 5.30. The monoisotopic (exact) mass is 333 g/mol. The van der Waals surface area contributed by atoms with Crippen molar-refractivity contribution in [2.75, 3.05) is 12.3 Å². The molecule has 2 N–H and O–H groups in total. The quantitative estimate of drug-likeness (QED) is 0.906. The van der Waals surface area contributed by atoms with E-state index in [1.165, 1.54) is 0 Å². The molecule has 1 amide bonds. The van der Waals surface area contributed by atoms with Crippen LogP contribution in [0.2, 0.25) is 5.02 Å². The Bertz CT molecular complexity index is 707. The molecule has 1 aliphatic rings. The second-order valence-electron chi connectivity index (χ2n) is 5.34. The van der Waals surface area contributed by atoms with Crippen molar-refractivity contribution in [2.24, 2.45) is 0 Å². The molecule has 1 unspecified atom stereocenters. The van der Waals surface area contributed by atoms with Crippen molar-refractivity contribution in [3.8, 4) is 0 Å². The maximum absolute atomic E-state index is 12.2. The zero-order chi connectivity index (χ0) is 15.6. The Kier molecular flexibility index (Phi) is 4.43. The van der Waals surface area contributed by atoms with Gasteiger partial charge >= 0.3 is 0 Å². The Morgan fingerprint density at radius 2 is 1.95 bits per heavy atom. The number of thioether (sulfide) groups is 1. The minimum Gasteiger partial charge on any atom is -0.382 e. The second kappa shape index (κ2) is 6.32. The van der Waals surface area contributed by atoms with Gasteiger partial charge in [0.2, 0.25) is 0 Å². The molecule has 1 atom stereocenters. The topological polar surface area (TPSA) is 49.3 Å². The smallest absolute Gasteiger partial charge is 0.252 e. The van der Waals surface area contributed by atoms with Crippen LogP contribution in [0.3, 0.4) is 0 Å². The summed E-state index contributed by atoms with van der Waals surface area (Å²) in [4.78, 5) is 12.2. The first-order valence-electron chi connectivity index (χ1n) is 7.01. The maximum Gasteiger partial charge on any atom is 0.252 e. The predicted molar refractivity (Wildman–Crippen MR) is 90.3 cm³/mol. The van der Waals surface area contributed by atoms with Crippen LogP contribution in [0.5, 0.6) is 0 Å². The van der Waals surface area contributed by atoms with E-state index >= 15 is 0 Å². The Morgan fingerprint density at radius 3 is 2.77 bits per heavy atom. The number of fused-ring (bicyclic) bond motifs is 1. The predicted octanol–water partition coefficient (Wildman–Crippen LogP) is 3.20. The Morgan fingerprint density at radius 1 is 1.23 bits per heavy atom. The number of carbonyl (C=O) groups excluding carboxylic acids is 1. The van der Waals surface area contributed by atoms with Crippen LogP contribution in [0.15, 0.2) is 48.5 Å². The van der Waals surface area contributed by atoms with Crippen LogP contribution < -0.4 is 5.32 Å². The molecule has 0 spiro atoms. The van der Waals surface area contributed by atoms with E-state index in [2.05, 4.69) is 5.32 Å². The molecule has 22 heavy (non-hydrogen) atoms. The molecule has 114 valence electrons. The van der Waals surface area contributed by atoms with Gasteiger partial charge in [-0.3, -0.25) is 4.79 Å². The minimum absolute atomic E-state index is 0.168. The molecular weight excluding hydrogens is 318 g/mol. The number of amides is 1. The highest BCUT2D eigenvalue weighted by molar-refractivity contribution is 7.98. The summed E-state index contributed by atoms with van der Waals surface area (Å²) in [6.07, 6.45) is 0. The highest BCUT2D eigenvalue weighted by Gasteiger charge is 2.35. The molecule has 0 aliphatic carbocycles. The van der Waals surface area contributed by atoms with Crippen LogP contribution in [-0.2, 0) is 11.4 Å². The number of benzene rings is 2. The third-order valence-electron chi connectivity index (χ3n) is 3.78. The normalized spacial score (nSPS) is 20.3. The SMILES string of the molecule is O=C(NCC1(O)CSCc2ccccc21)c1ccccc1Cl. The number of carbonyl (C=O) groups is 1. The second-order valence-corrected chi connectivity index (χ2v) is 6.74. The largest absolute Gasteiger partial charge is 0.382 e. The first-order chi connectivity index (χ1) is 10.6. The van der Waals surface area contributed by atoms with Crippen LogP contribution >= 0.6 is 23.4 Å². The summed E-state index contributed by atoms with van der Waals surface area (Å²) < 4.78 is 0. The van der Waals surface area contributed by atoms with Gasteiger partial charge in [-0.2, -0.15) is 11.8 Å². The fourth-order valence-corrected chi connectivity index (χ4v) is 4.01. The van der Waals surface area contributed by atoms with Gasteiger partial charge in [0, 0.05) is 11.5 Å². The van der Waals surface area contributed by atoms with Gasteiger partial charge in [-0.1, -0.05) is 48.0 Å². The summed E-state index contributed by atoms with van der Waals surface area (Å²) in [5.41, 5.74) is 1.39. The Balaban J connectivity index is 1.77. The number of halogens is 1. The van der Waals surface area contributed by atoms with Crippen molar-refractivity contribution in [1.82, 2.24) is 5.32 Å². The van der Waals surface area contributed by atoms with Gasteiger partial charge in [0.25, 0.3) is 5.91 Å². The molecule has 0 bridgehead atoms. The van der Waals surface area contributed by atoms with Crippen molar-refractivity contribution in [1.29, 1.82) is 0 Å². The average Bonchev–Trinajstić information content (AvgIpc) is 2.54. The van der Waals surface area contributed by atoms with Crippen molar-refractivity contribution in [3.63, 3.8) is 0 Å². The first-order valence-corrected chi connectivity index (χ1v) is 8.55. The number of nitrogens with one attached hydrogen (secondary N) is 1. The Labute approximate surface area is 138 Å². The van der Waals surface area contributed by atoms with Gasteiger partial charge in [0.05, 0.1) is 17.1 Å². The van der Waals surface area contributed by atoms with Gasteiger partial charge in [0.1, 0.15) is 5.60 Å². The number of aliphatic hydroxyl groups is 1. The van der Waals surface area contributed by atoms with E-state index in [-0.39, 0.29) is 12.5 Å². The number of hydrogen-bond donors (Lipinski definition) is 2. The molecule has 2 aromatic rings. The number of rotatable bonds is 3. The van der Waals surface area contributed by atoms with E-state index in [9.17, 15) is 9.90 Å². The van der Waals surface area contributed by atoms with Gasteiger partial charge in [-0.05, 0) is 23.3 Å². The molecule has 5 heteroatoms. The fourth-order valence-electron chi connectivity index (χ4n) is 2.62. The Hall–Kier alpha value is -1.49. The van der Waals surface area contributed by atoms with E-state index in [1.807, 2.05) is 24.3 Å². The molecular formula is C17H16ClNO2S. The van der Waals surface area contributed by atoms with Gasteiger partial charge in [-0.25, -0.2) is 0 Å². The maximum atomic E-state index is 12.2. The summed E-state index contributed by atoms with van der Waals surface area (Å²) >= 11 is 7.70. The van der Waals surface area contributed by atoms with Crippen LogP contribution in [0.25, 0.3) is 0 Å². The lowest BCUT2D eigenvalue weighted by Gasteiger charge is -2.34. The lowest BCUT2D eigenvalue weighted by atomic mass is 9.91. The van der Waals surface area contributed by atoms with E-state index in [0.29, 0.717) is 16.3 Å². The molecule has 0 radical (unpaired) electrons. The van der Waals surface area contributed by atoms with E-state index in [1.54, 1.807) is 36.0 Å². The van der Waals surface area contributed by atoms with Crippen LogP contribution in [-0.4, -0.2) is 23.3 Å². The van der Waals surface area contributed by atoms with Crippen LogP contribution in [0.1, 0.15) is 21.5 Å². The fraction of sp³-hybridized carbons (Fsp3) is 0.235. The zero-order valence-corrected chi connectivity index (χ0v) is 13.5. The molecule has 0 saturated carbocycles. The molecule has 1 heterocycles. The van der Waals surface area contributed by atoms with Crippen molar-refractivity contribution in [3.05, 3.63) is 70.2 Å². The summed E-state index contributed by atoms with van der Waals surface area (Å²) in [6.45, 7) is 0.168. The lowest BCUT2D eigenvalue weighted by molar-refractivity contribution is 0.0552. The lowest BCUT2D eigenvalue weighted by Crippen LogP contribution is -2.44. The van der Waals surface area contributed by atoms with Gasteiger partial charge in [0.15, 0.2) is 0 Å². The molecule has 1 aliphatic heterocycles. The van der Waals surface area contributed by atoms with Gasteiger partial charge in [-0.15, -0.1) is 0 Å². The average molecular weight is 334 g/mol.